The van der Waals surface area contributed by atoms with Gasteiger partial charge in [0.2, 0.25) is 17.7 Å². The number of allylic oxidation sites excluding steroid dienone is 1. The second-order valence-corrected chi connectivity index (χ2v) is 15.1. The number of carbonyl (C=O) groups is 4. The molecule has 4 heterocycles. The van der Waals surface area contributed by atoms with E-state index in [0.717, 1.165) is 0 Å². The maximum Gasteiger partial charge on any atom is 0.313 e. The van der Waals surface area contributed by atoms with Gasteiger partial charge in [-0.15, -0.1) is 0 Å². The number of hydrogen-bond donors (Lipinski definition) is 2. The fourth-order valence-corrected chi connectivity index (χ4v) is 8.11. The Morgan fingerprint density at radius 3 is 2.39 bits per heavy atom. The van der Waals surface area contributed by atoms with E-state index in [1.165, 1.54) is 4.90 Å². The van der Waals surface area contributed by atoms with Gasteiger partial charge in [0.1, 0.15) is 23.7 Å². The summed E-state index contributed by atoms with van der Waals surface area (Å²) in [6.07, 6.45) is 7.08. The van der Waals surface area contributed by atoms with Crippen molar-refractivity contribution in [2.45, 2.75) is 109 Å². The monoisotopic (exact) mass is 635 g/mol. The van der Waals surface area contributed by atoms with Crippen molar-refractivity contribution in [3.8, 4) is 0 Å². The molecule has 4 aliphatic rings. The highest BCUT2D eigenvalue weighted by Gasteiger charge is 2.74. The van der Waals surface area contributed by atoms with Gasteiger partial charge in [0.15, 0.2) is 0 Å². The Hall–Kier alpha value is -3.50. The molecule has 5 bridgehead atoms. The summed E-state index contributed by atoms with van der Waals surface area (Å²) in [7, 11) is 0. The first kappa shape index (κ1) is 33.9. The number of ether oxygens (including phenoxy) is 2. The van der Waals surface area contributed by atoms with Crippen LogP contribution in [0.15, 0.2) is 54.6 Å². The molecule has 0 radical (unpaired) electrons. The molecule has 1 aromatic rings. The second kappa shape index (κ2) is 12.6. The number of carbonyl (C=O) groups excluding carboxylic acids is 4. The van der Waals surface area contributed by atoms with Gasteiger partial charge in [0.25, 0.3) is 0 Å². The van der Waals surface area contributed by atoms with Gasteiger partial charge >= 0.3 is 5.97 Å². The fraction of sp³-hybridized carbons (Fsp3) is 0.611. The maximum absolute atomic E-state index is 15.0. The zero-order valence-corrected chi connectivity index (χ0v) is 28.1. The average molecular weight is 636 g/mol. The summed E-state index contributed by atoms with van der Waals surface area (Å²) in [5.74, 6) is -3.58. The van der Waals surface area contributed by atoms with E-state index in [4.69, 9.17) is 9.47 Å². The number of esters is 1. The number of rotatable bonds is 5. The number of nitrogens with one attached hydrogen (secondary N) is 1. The molecule has 8 atom stereocenters. The third kappa shape index (κ3) is 6.13. The molecule has 2 fully saturated rings. The molecule has 4 aliphatic heterocycles. The average Bonchev–Trinajstić information content (AvgIpc) is 3.62. The van der Waals surface area contributed by atoms with Gasteiger partial charge in [-0.05, 0) is 51.5 Å². The molecule has 250 valence electrons. The minimum atomic E-state index is -1.40. The Labute approximate surface area is 272 Å². The van der Waals surface area contributed by atoms with Crippen molar-refractivity contribution < 1.29 is 33.8 Å². The normalized spacial score (nSPS) is 33.6. The lowest BCUT2D eigenvalue weighted by Gasteiger charge is -2.46. The van der Waals surface area contributed by atoms with E-state index in [1.54, 1.807) is 30.9 Å². The molecule has 3 amide bonds. The number of aliphatic hydroxyl groups excluding tert-OH is 1. The molecule has 0 unspecified atom stereocenters. The lowest BCUT2D eigenvalue weighted by Crippen LogP contribution is -2.62. The second-order valence-electron chi connectivity index (χ2n) is 15.1. The highest BCUT2D eigenvalue weighted by molar-refractivity contribution is 5.99. The van der Waals surface area contributed by atoms with E-state index >= 15 is 0 Å². The van der Waals surface area contributed by atoms with Crippen molar-refractivity contribution in [1.29, 1.82) is 0 Å². The van der Waals surface area contributed by atoms with E-state index in [-0.39, 0.29) is 36.8 Å². The molecule has 0 aliphatic carbocycles. The molecule has 2 saturated heterocycles. The van der Waals surface area contributed by atoms with Crippen LogP contribution in [-0.4, -0.2) is 87.1 Å². The first-order chi connectivity index (χ1) is 21.6. The third-order valence-corrected chi connectivity index (χ3v) is 9.72. The summed E-state index contributed by atoms with van der Waals surface area (Å²) in [5, 5.41) is 13.3. The zero-order valence-electron chi connectivity index (χ0n) is 28.1. The van der Waals surface area contributed by atoms with E-state index in [0.29, 0.717) is 18.4 Å². The Balaban J connectivity index is 1.62. The number of likely N-dealkylation sites (tertiary alicyclic amines) is 1. The SMILES string of the molecule is C[C@@H]1NC(=O)CC/C=C\CN(C(C)(C)CC(C)(C)C)C(=O)[C@H]2N([C@H](C)CO)C(=O)[C@@H]3[C@@H](C(=O)O[C@H]1c1ccccc1)[C@H]1C=C[C@]32O1. The first-order valence-corrected chi connectivity index (χ1v) is 16.4. The number of benzene rings is 1. The quantitative estimate of drug-likeness (QED) is 0.374. The summed E-state index contributed by atoms with van der Waals surface area (Å²) >= 11 is 0. The number of aliphatic hydroxyl groups is 1. The lowest BCUT2D eigenvalue weighted by molar-refractivity contribution is -0.162. The molecule has 0 aromatic heterocycles. The van der Waals surface area contributed by atoms with Crippen LogP contribution < -0.4 is 5.32 Å². The largest absolute Gasteiger partial charge is 0.455 e. The van der Waals surface area contributed by atoms with Crippen LogP contribution in [0.4, 0.5) is 0 Å². The smallest absolute Gasteiger partial charge is 0.313 e. The Kier molecular flexibility index (Phi) is 9.27. The van der Waals surface area contributed by atoms with Crippen LogP contribution in [0.5, 0.6) is 0 Å². The Morgan fingerprint density at radius 1 is 1.04 bits per heavy atom. The number of nitrogens with zero attached hydrogens (tertiary/aromatic N) is 2. The molecule has 46 heavy (non-hydrogen) atoms. The fourth-order valence-electron chi connectivity index (χ4n) is 8.11. The van der Waals surface area contributed by atoms with Crippen LogP contribution in [0.25, 0.3) is 0 Å². The van der Waals surface area contributed by atoms with Gasteiger partial charge in [-0.3, -0.25) is 19.2 Å². The number of fused-ring (bicyclic) bond motifs is 2. The minimum Gasteiger partial charge on any atom is -0.455 e. The summed E-state index contributed by atoms with van der Waals surface area (Å²) in [5.41, 5.74) is -1.45. The predicted molar refractivity (Wildman–Crippen MR) is 172 cm³/mol. The van der Waals surface area contributed by atoms with Crippen LogP contribution in [0.1, 0.15) is 79.4 Å². The van der Waals surface area contributed by atoms with Crippen molar-refractivity contribution in [3.05, 3.63) is 60.2 Å². The van der Waals surface area contributed by atoms with Crippen LogP contribution in [0.2, 0.25) is 0 Å². The number of cyclic esters (lactones) is 1. The molecule has 2 N–H and O–H groups in total. The molecule has 10 heteroatoms. The maximum atomic E-state index is 15.0. The van der Waals surface area contributed by atoms with Crippen molar-refractivity contribution in [2.24, 2.45) is 17.3 Å². The van der Waals surface area contributed by atoms with Crippen LogP contribution in [-0.2, 0) is 28.7 Å². The van der Waals surface area contributed by atoms with Gasteiger partial charge in [-0.1, -0.05) is 75.4 Å². The standard InChI is InChI=1S/C36H49N3O7/c1-22(20-40)39-30-32(43)38(35(6,7)21-34(3,4)5)19-13-9-12-16-26(41)37-23(2)29(24-14-10-8-11-15-24)45-33(44)27-25-17-18-36(30,46-25)28(27)31(39)42/h8-11,13-15,17-18,22-23,25,27-30,40H,12,16,19-21H2,1-7H3,(H,37,41)/b13-9-/t22-,23+,25-,27+,28+,29-,30-,36+/m1/s1. The van der Waals surface area contributed by atoms with Crippen molar-refractivity contribution >= 4 is 23.7 Å². The number of hydrogen-bond acceptors (Lipinski definition) is 7. The molecule has 10 nitrogen and oxygen atoms in total. The van der Waals surface area contributed by atoms with Gasteiger partial charge in [0.05, 0.1) is 30.7 Å². The van der Waals surface area contributed by atoms with Crippen molar-refractivity contribution in [1.82, 2.24) is 15.1 Å². The molecule has 1 spiro atoms. The van der Waals surface area contributed by atoms with Gasteiger partial charge in [-0.2, -0.15) is 0 Å². The zero-order chi connectivity index (χ0) is 33.6. The summed E-state index contributed by atoms with van der Waals surface area (Å²) < 4.78 is 12.7. The van der Waals surface area contributed by atoms with Gasteiger partial charge < -0.3 is 29.7 Å². The van der Waals surface area contributed by atoms with Gasteiger partial charge in [0, 0.05) is 18.5 Å². The molecule has 0 saturated carbocycles. The van der Waals surface area contributed by atoms with Crippen LogP contribution >= 0.6 is 0 Å². The van der Waals surface area contributed by atoms with Crippen molar-refractivity contribution in [3.63, 3.8) is 0 Å². The first-order valence-electron chi connectivity index (χ1n) is 16.4. The molecule has 5 rings (SSSR count). The molecule has 1 aromatic carbocycles. The van der Waals surface area contributed by atoms with E-state index in [1.807, 2.05) is 56.3 Å². The van der Waals surface area contributed by atoms with Crippen LogP contribution in [0, 0.1) is 17.3 Å². The Morgan fingerprint density at radius 2 is 1.74 bits per heavy atom. The lowest BCUT2D eigenvalue weighted by atomic mass is 9.74. The van der Waals surface area contributed by atoms with E-state index < -0.39 is 65.2 Å². The highest BCUT2D eigenvalue weighted by atomic mass is 16.6. The minimum absolute atomic E-state index is 0.119. The van der Waals surface area contributed by atoms with Crippen molar-refractivity contribution in [2.75, 3.05) is 13.2 Å². The molecular weight excluding hydrogens is 586 g/mol. The van der Waals surface area contributed by atoms with Gasteiger partial charge in [-0.25, -0.2) is 0 Å². The summed E-state index contributed by atoms with van der Waals surface area (Å²) in [6, 6.07) is 6.83. The number of amides is 3. The van der Waals surface area contributed by atoms with E-state index in [2.05, 4.69) is 26.1 Å². The summed E-state index contributed by atoms with van der Waals surface area (Å²) in [6.45, 7) is 13.8. The topological polar surface area (TPSA) is 125 Å². The predicted octanol–water partition coefficient (Wildman–Crippen LogP) is 3.70. The van der Waals surface area contributed by atoms with E-state index in [9.17, 15) is 24.3 Å². The third-order valence-electron chi connectivity index (χ3n) is 9.72. The van der Waals surface area contributed by atoms with Crippen LogP contribution in [0.3, 0.4) is 0 Å². The Bertz CT molecular complexity index is 1400. The molecular formula is C36H49N3O7. The highest BCUT2D eigenvalue weighted by Crippen LogP contribution is 2.56. The summed E-state index contributed by atoms with van der Waals surface area (Å²) in [4.78, 5) is 59.8.